The lowest BCUT2D eigenvalue weighted by Crippen LogP contribution is -2.40. The van der Waals surface area contributed by atoms with E-state index in [2.05, 4.69) is 5.32 Å². The zero-order valence-corrected chi connectivity index (χ0v) is 14.9. The van der Waals surface area contributed by atoms with Gasteiger partial charge in [-0.3, -0.25) is 4.79 Å². The van der Waals surface area contributed by atoms with Crippen LogP contribution in [0.5, 0.6) is 11.5 Å². The predicted molar refractivity (Wildman–Crippen MR) is 87.6 cm³/mol. The molecule has 2 aliphatic rings. The summed E-state index contributed by atoms with van der Waals surface area (Å²) in [4.78, 5) is 11.6. The average Bonchev–Trinajstić information content (AvgIpc) is 2.98. The average molecular weight is 354 g/mol. The van der Waals surface area contributed by atoms with Crippen molar-refractivity contribution >= 4 is 15.9 Å². The van der Waals surface area contributed by atoms with Crippen LogP contribution in [0.2, 0.25) is 0 Å². The van der Waals surface area contributed by atoms with Gasteiger partial charge in [0.1, 0.15) is 16.4 Å². The second-order valence-corrected chi connectivity index (χ2v) is 8.23. The number of hydrogen-bond acceptors (Lipinski definition) is 5. The first kappa shape index (κ1) is 17.0. The fourth-order valence-corrected chi connectivity index (χ4v) is 5.18. The molecule has 0 aromatic heterocycles. The van der Waals surface area contributed by atoms with Crippen molar-refractivity contribution in [3.8, 4) is 11.5 Å². The predicted octanol–water partition coefficient (Wildman–Crippen LogP) is 0.769. The molecule has 24 heavy (non-hydrogen) atoms. The van der Waals surface area contributed by atoms with E-state index in [9.17, 15) is 13.2 Å². The minimum absolute atomic E-state index is 0.00918. The highest BCUT2D eigenvalue weighted by molar-refractivity contribution is 7.89. The summed E-state index contributed by atoms with van der Waals surface area (Å²) >= 11 is 0. The smallest absolute Gasteiger partial charge is 0.246 e. The van der Waals surface area contributed by atoms with Gasteiger partial charge in [-0.2, -0.15) is 4.31 Å². The summed E-state index contributed by atoms with van der Waals surface area (Å²) in [6.45, 7) is 3.13. The number of fused-ring (bicyclic) bond motifs is 1. The molecular weight excluding hydrogens is 332 g/mol. The van der Waals surface area contributed by atoms with E-state index in [4.69, 9.17) is 9.47 Å². The van der Waals surface area contributed by atoms with Crippen LogP contribution >= 0.6 is 0 Å². The molecule has 2 heterocycles. The van der Waals surface area contributed by atoms with Gasteiger partial charge in [0.05, 0.1) is 14.2 Å². The van der Waals surface area contributed by atoms with Crippen molar-refractivity contribution in [1.82, 2.24) is 9.62 Å². The number of rotatable bonds is 4. The second-order valence-electron chi connectivity index (χ2n) is 6.32. The molecule has 7 nitrogen and oxygen atoms in total. The Balaban J connectivity index is 1.95. The van der Waals surface area contributed by atoms with Gasteiger partial charge in [-0.15, -0.1) is 0 Å². The van der Waals surface area contributed by atoms with Gasteiger partial charge in [-0.05, 0) is 30.4 Å². The van der Waals surface area contributed by atoms with Gasteiger partial charge in [-0.25, -0.2) is 8.42 Å². The number of hydrogen-bond donors (Lipinski definition) is 1. The Bertz CT molecular complexity index is 762. The maximum Gasteiger partial charge on any atom is 0.246 e. The molecule has 0 unspecified atom stereocenters. The number of sulfonamides is 1. The lowest BCUT2D eigenvalue weighted by molar-refractivity contribution is -0.124. The van der Waals surface area contributed by atoms with E-state index >= 15 is 0 Å². The summed E-state index contributed by atoms with van der Waals surface area (Å²) in [5, 5.41) is 2.81. The zero-order valence-electron chi connectivity index (χ0n) is 14.0. The van der Waals surface area contributed by atoms with Crippen LogP contribution in [0.15, 0.2) is 17.0 Å². The minimum Gasteiger partial charge on any atom is -0.496 e. The maximum absolute atomic E-state index is 13.1. The minimum atomic E-state index is -3.72. The Kier molecular flexibility index (Phi) is 4.44. The Morgan fingerprint density at radius 1 is 1.12 bits per heavy atom. The molecule has 2 fully saturated rings. The van der Waals surface area contributed by atoms with Crippen LogP contribution in [-0.2, 0) is 14.8 Å². The van der Waals surface area contributed by atoms with Crippen molar-refractivity contribution in [3.05, 3.63) is 17.7 Å². The summed E-state index contributed by atoms with van der Waals surface area (Å²) in [6.07, 6.45) is 0.380. The number of methoxy groups -OCH3 is 2. The van der Waals surface area contributed by atoms with E-state index < -0.39 is 10.0 Å². The molecule has 2 aliphatic heterocycles. The number of nitrogens with one attached hydrogen (secondary N) is 1. The van der Waals surface area contributed by atoms with Crippen LogP contribution < -0.4 is 14.8 Å². The van der Waals surface area contributed by atoms with Crippen LogP contribution in [0.1, 0.15) is 12.0 Å². The van der Waals surface area contributed by atoms with Gasteiger partial charge in [0, 0.05) is 32.1 Å². The molecule has 0 aliphatic carbocycles. The van der Waals surface area contributed by atoms with Crippen LogP contribution in [0.25, 0.3) is 0 Å². The number of nitrogens with zero attached hydrogens (tertiary/aromatic N) is 1. The molecule has 2 atom stereocenters. The number of piperidine rings is 1. The summed E-state index contributed by atoms with van der Waals surface area (Å²) in [7, 11) is -0.759. The molecule has 132 valence electrons. The van der Waals surface area contributed by atoms with Crippen LogP contribution in [-0.4, -0.2) is 52.5 Å². The molecule has 0 saturated carbocycles. The Morgan fingerprint density at radius 2 is 1.79 bits per heavy atom. The number of carbonyl (C=O) groups is 1. The van der Waals surface area contributed by atoms with E-state index in [1.807, 2.05) is 6.92 Å². The van der Waals surface area contributed by atoms with Gasteiger partial charge >= 0.3 is 0 Å². The first-order chi connectivity index (χ1) is 11.4. The Hall–Kier alpha value is -1.80. The van der Waals surface area contributed by atoms with Crippen molar-refractivity contribution in [2.75, 3.05) is 33.9 Å². The Morgan fingerprint density at radius 3 is 2.46 bits per heavy atom. The van der Waals surface area contributed by atoms with E-state index in [1.54, 1.807) is 6.07 Å². The van der Waals surface area contributed by atoms with Crippen molar-refractivity contribution in [2.24, 2.45) is 11.8 Å². The first-order valence-electron chi connectivity index (χ1n) is 7.86. The van der Waals surface area contributed by atoms with Crippen LogP contribution in [0.3, 0.4) is 0 Å². The van der Waals surface area contributed by atoms with Crippen molar-refractivity contribution in [1.29, 1.82) is 0 Å². The monoisotopic (exact) mass is 354 g/mol. The fraction of sp³-hybridized carbons (Fsp3) is 0.562. The molecule has 0 spiro atoms. The number of aryl methyl sites for hydroxylation is 1. The summed E-state index contributed by atoms with van der Waals surface area (Å²) in [5.41, 5.74) is 0.804. The first-order valence-corrected chi connectivity index (χ1v) is 9.30. The molecule has 1 aromatic carbocycles. The molecule has 1 amide bonds. The van der Waals surface area contributed by atoms with Gasteiger partial charge in [0.2, 0.25) is 15.9 Å². The molecule has 3 rings (SSSR count). The third kappa shape index (κ3) is 2.84. The van der Waals surface area contributed by atoms with Gasteiger partial charge in [0.15, 0.2) is 0 Å². The molecule has 1 N–H and O–H groups in total. The SMILES string of the molecule is COc1cc(S(=O)(=O)N2C[C@H]3CC(=O)NC[C@H]3C2)c(OC)cc1C. The van der Waals surface area contributed by atoms with E-state index in [0.29, 0.717) is 37.6 Å². The lowest BCUT2D eigenvalue weighted by atomic mass is 9.89. The van der Waals surface area contributed by atoms with Crippen molar-refractivity contribution < 1.29 is 22.7 Å². The summed E-state index contributed by atoms with van der Waals surface area (Å²) < 4.78 is 38.2. The van der Waals surface area contributed by atoms with Gasteiger partial charge in [-0.1, -0.05) is 0 Å². The summed E-state index contributed by atoms with van der Waals surface area (Å²) in [6, 6.07) is 3.18. The molecule has 8 heteroatoms. The van der Waals surface area contributed by atoms with Crippen molar-refractivity contribution in [2.45, 2.75) is 18.2 Å². The van der Waals surface area contributed by atoms with Crippen LogP contribution in [0, 0.1) is 18.8 Å². The highest BCUT2D eigenvalue weighted by atomic mass is 32.2. The van der Waals surface area contributed by atoms with E-state index in [1.165, 1.54) is 24.6 Å². The van der Waals surface area contributed by atoms with Gasteiger partial charge in [0.25, 0.3) is 0 Å². The standard InChI is InChI=1S/C16H22N2O5S/c1-10-4-14(23-3)15(6-13(10)22-2)24(20,21)18-8-11-5-16(19)17-7-12(11)9-18/h4,6,11-12H,5,7-9H2,1-3H3,(H,17,19)/t11-,12+/m1/s1. The third-order valence-electron chi connectivity index (χ3n) is 4.85. The van der Waals surface area contributed by atoms with Crippen LogP contribution in [0.4, 0.5) is 0 Å². The second kappa shape index (κ2) is 6.25. The third-order valence-corrected chi connectivity index (χ3v) is 6.70. The molecule has 2 saturated heterocycles. The highest BCUT2D eigenvalue weighted by Gasteiger charge is 2.43. The van der Waals surface area contributed by atoms with E-state index in [0.717, 1.165) is 5.56 Å². The molecule has 1 aromatic rings. The number of benzene rings is 1. The number of ether oxygens (including phenoxy) is 2. The van der Waals surface area contributed by atoms with Crippen molar-refractivity contribution in [3.63, 3.8) is 0 Å². The highest BCUT2D eigenvalue weighted by Crippen LogP contribution is 2.37. The Labute approximate surface area is 142 Å². The number of carbonyl (C=O) groups excluding carboxylic acids is 1. The largest absolute Gasteiger partial charge is 0.496 e. The zero-order chi connectivity index (χ0) is 17.5. The maximum atomic E-state index is 13.1. The normalized spacial score (nSPS) is 24.4. The quantitative estimate of drug-likeness (QED) is 0.863. The van der Waals surface area contributed by atoms with E-state index in [-0.39, 0.29) is 22.6 Å². The van der Waals surface area contributed by atoms with Gasteiger partial charge < -0.3 is 14.8 Å². The lowest BCUT2D eigenvalue weighted by Gasteiger charge is -2.23. The molecular formula is C16H22N2O5S. The number of amides is 1. The molecule has 0 radical (unpaired) electrons. The molecule has 0 bridgehead atoms. The topological polar surface area (TPSA) is 84.9 Å². The summed E-state index contributed by atoms with van der Waals surface area (Å²) in [5.74, 6) is 1.04. The fourth-order valence-electron chi connectivity index (χ4n) is 3.47.